The van der Waals surface area contributed by atoms with Gasteiger partial charge in [0.25, 0.3) is 5.56 Å². The van der Waals surface area contributed by atoms with Crippen LogP contribution in [0.25, 0.3) is 10.2 Å². The van der Waals surface area contributed by atoms with Crippen LogP contribution < -0.4 is 5.56 Å². The molecule has 0 spiro atoms. The first-order valence-electron chi connectivity index (χ1n) is 6.86. The van der Waals surface area contributed by atoms with Gasteiger partial charge < -0.3 is 0 Å². The molecule has 5 heteroatoms. The smallest absolute Gasteiger partial charge is 0.262 e. The predicted octanol–water partition coefficient (Wildman–Crippen LogP) is 3.14. The molecule has 0 atom stereocenters. The van der Waals surface area contributed by atoms with Crippen molar-refractivity contribution in [2.45, 2.75) is 45.6 Å². The summed E-state index contributed by atoms with van der Waals surface area (Å²) in [4.78, 5) is 19.7. The number of hydrogen-bond donors (Lipinski definition) is 0. The van der Waals surface area contributed by atoms with Crippen LogP contribution in [0.1, 0.15) is 36.0 Å². The van der Waals surface area contributed by atoms with Crippen LogP contribution in [0.15, 0.2) is 4.79 Å². The van der Waals surface area contributed by atoms with Crippen LogP contribution in [0.3, 0.4) is 0 Å². The first-order chi connectivity index (χ1) is 9.26. The van der Waals surface area contributed by atoms with Crippen molar-refractivity contribution in [1.82, 2.24) is 9.55 Å². The summed E-state index contributed by atoms with van der Waals surface area (Å²) in [7, 11) is 0. The predicted molar refractivity (Wildman–Crippen MR) is 80.6 cm³/mol. The van der Waals surface area contributed by atoms with Crippen molar-refractivity contribution in [3.05, 3.63) is 26.6 Å². The first-order valence-corrected chi connectivity index (χ1v) is 8.21. The highest BCUT2D eigenvalue weighted by Gasteiger charge is 2.22. The van der Waals surface area contributed by atoms with Gasteiger partial charge in [-0.3, -0.25) is 9.36 Å². The van der Waals surface area contributed by atoms with E-state index in [1.807, 2.05) is 4.57 Å². The zero-order valence-electron chi connectivity index (χ0n) is 11.0. The van der Waals surface area contributed by atoms with Gasteiger partial charge in [-0.15, -0.1) is 22.9 Å². The molecule has 3 rings (SSSR count). The number of aryl methyl sites for hydroxylation is 3. The molecule has 1 aliphatic carbocycles. The molecule has 2 aromatic heterocycles. The topological polar surface area (TPSA) is 34.9 Å². The van der Waals surface area contributed by atoms with Gasteiger partial charge in [-0.2, -0.15) is 0 Å². The molecule has 0 bridgehead atoms. The molecule has 2 heterocycles. The van der Waals surface area contributed by atoms with E-state index in [1.54, 1.807) is 11.3 Å². The molecule has 0 unspecified atom stereocenters. The van der Waals surface area contributed by atoms with Crippen molar-refractivity contribution < 1.29 is 0 Å². The maximum Gasteiger partial charge on any atom is 0.262 e. The number of hydrogen-bond acceptors (Lipinski definition) is 3. The summed E-state index contributed by atoms with van der Waals surface area (Å²) in [6.45, 7) is 2.82. The van der Waals surface area contributed by atoms with Gasteiger partial charge in [0.15, 0.2) is 0 Å². The first kappa shape index (κ1) is 13.1. The average Bonchev–Trinajstić information content (AvgIpc) is 2.94. The second-order valence-corrected chi connectivity index (χ2v) is 6.42. The van der Waals surface area contributed by atoms with E-state index in [4.69, 9.17) is 16.6 Å². The number of rotatable bonds is 4. The lowest BCUT2D eigenvalue weighted by molar-refractivity contribution is 0.611. The number of alkyl halides is 1. The van der Waals surface area contributed by atoms with Crippen molar-refractivity contribution in [1.29, 1.82) is 0 Å². The van der Waals surface area contributed by atoms with Gasteiger partial charge >= 0.3 is 0 Å². The molecule has 0 radical (unpaired) electrons. The van der Waals surface area contributed by atoms with Gasteiger partial charge in [-0.1, -0.05) is 6.92 Å². The van der Waals surface area contributed by atoms with E-state index in [0.717, 1.165) is 41.8 Å². The number of aromatic nitrogens is 2. The third-order valence-electron chi connectivity index (χ3n) is 3.67. The fraction of sp³-hybridized carbons (Fsp3) is 0.571. The fourth-order valence-electron chi connectivity index (χ4n) is 2.85. The highest BCUT2D eigenvalue weighted by Crippen LogP contribution is 2.34. The standard InChI is InChI=1S/C14H17ClN2OS/c1-2-8-17-11(6-7-15)16-13-12(14(17)18)9-4-3-5-10(9)19-13/h2-8H2,1H3. The van der Waals surface area contributed by atoms with Gasteiger partial charge in [0.05, 0.1) is 5.39 Å². The summed E-state index contributed by atoms with van der Waals surface area (Å²) in [6, 6.07) is 0. The number of fused-ring (bicyclic) bond motifs is 3. The molecule has 19 heavy (non-hydrogen) atoms. The number of nitrogens with zero attached hydrogens (tertiary/aromatic N) is 2. The van der Waals surface area contributed by atoms with Crippen molar-refractivity contribution in [3.8, 4) is 0 Å². The molecular formula is C14H17ClN2OS. The minimum absolute atomic E-state index is 0.145. The van der Waals surface area contributed by atoms with Crippen molar-refractivity contribution in [3.63, 3.8) is 0 Å². The van der Waals surface area contributed by atoms with Gasteiger partial charge in [0.2, 0.25) is 0 Å². The van der Waals surface area contributed by atoms with E-state index in [0.29, 0.717) is 12.3 Å². The minimum atomic E-state index is 0.145. The molecule has 0 aromatic carbocycles. The SMILES string of the molecule is CCCn1c(CCCl)nc2sc3c(c2c1=O)CCC3. The maximum absolute atomic E-state index is 12.7. The van der Waals surface area contributed by atoms with Crippen molar-refractivity contribution in [2.24, 2.45) is 0 Å². The third kappa shape index (κ3) is 2.11. The Morgan fingerprint density at radius 3 is 3.00 bits per heavy atom. The Morgan fingerprint density at radius 1 is 1.42 bits per heavy atom. The molecule has 0 saturated carbocycles. The molecule has 2 aromatic rings. The van der Waals surface area contributed by atoms with E-state index in [9.17, 15) is 4.79 Å². The molecular weight excluding hydrogens is 280 g/mol. The van der Waals surface area contributed by atoms with E-state index in [2.05, 4.69) is 6.92 Å². The molecule has 1 aliphatic rings. The number of halogens is 1. The summed E-state index contributed by atoms with van der Waals surface area (Å²) < 4.78 is 1.83. The van der Waals surface area contributed by atoms with Crippen molar-refractivity contribution in [2.75, 3.05) is 5.88 Å². The van der Waals surface area contributed by atoms with Crippen LogP contribution >= 0.6 is 22.9 Å². The van der Waals surface area contributed by atoms with E-state index in [-0.39, 0.29) is 5.56 Å². The fourth-order valence-corrected chi connectivity index (χ4v) is 4.29. The Bertz CT molecular complexity index is 674. The lowest BCUT2D eigenvalue weighted by atomic mass is 10.2. The van der Waals surface area contributed by atoms with Crippen LogP contribution in [-0.4, -0.2) is 15.4 Å². The van der Waals surface area contributed by atoms with Crippen LogP contribution in [-0.2, 0) is 25.8 Å². The summed E-state index contributed by atoms with van der Waals surface area (Å²) >= 11 is 7.53. The summed E-state index contributed by atoms with van der Waals surface area (Å²) in [5, 5.41) is 0.879. The van der Waals surface area contributed by atoms with Crippen molar-refractivity contribution >= 4 is 33.2 Å². The Hall–Kier alpha value is -0.870. The lowest BCUT2D eigenvalue weighted by Crippen LogP contribution is -2.25. The van der Waals surface area contributed by atoms with Crippen LogP contribution in [0, 0.1) is 0 Å². The highest BCUT2D eigenvalue weighted by molar-refractivity contribution is 7.18. The molecule has 0 amide bonds. The molecule has 3 nitrogen and oxygen atoms in total. The maximum atomic E-state index is 12.7. The zero-order chi connectivity index (χ0) is 13.4. The molecule has 102 valence electrons. The molecule has 0 fully saturated rings. The van der Waals surface area contributed by atoms with E-state index >= 15 is 0 Å². The Morgan fingerprint density at radius 2 is 2.26 bits per heavy atom. The summed E-state index contributed by atoms with van der Waals surface area (Å²) in [5.41, 5.74) is 1.41. The minimum Gasteiger partial charge on any atom is -0.296 e. The molecule has 0 aliphatic heterocycles. The third-order valence-corrected chi connectivity index (χ3v) is 5.04. The van der Waals surface area contributed by atoms with Gasteiger partial charge in [0, 0.05) is 23.7 Å². The monoisotopic (exact) mass is 296 g/mol. The number of thiophene rings is 1. The van der Waals surface area contributed by atoms with Gasteiger partial charge in [0.1, 0.15) is 10.7 Å². The molecule has 0 N–H and O–H groups in total. The highest BCUT2D eigenvalue weighted by atomic mass is 35.5. The Kier molecular flexibility index (Phi) is 3.63. The van der Waals surface area contributed by atoms with E-state index in [1.165, 1.54) is 16.9 Å². The quantitative estimate of drug-likeness (QED) is 0.813. The van der Waals surface area contributed by atoms with Crippen LogP contribution in [0.2, 0.25) is 0 Å². The normalized spacial score (nSPS) is 14.2. The second kappa shape index (κ2) is 5.25. The van der Waals surface area contributed by atoms with Crippen LogP contribution in [0.5, 0.6) is 0 Å². The molecule has 0 saturated heterocycles. The summed E-state index contributed by atoms with van der Waals surface area (Å²) in [6.07, 6.45) is 4.92. The zero-order valence-corrected chi connectivity index (χ0v) is 12.6. The largest absolute Gasteiger partial charge is 0.296 e. The Labute approximate surface area is 121 Å². The second-order valence-electron chi connectivity index (χ2n) is 4.96. The van der Waals surface area contributed by atoms with E-state index < -0.39 is 0 Å². The van der Waals surface area contributed by atoms with Gasteiger partial charge in [-0.05, 0) is 31.2 Å². The average molecular weight is 297 g/mol. The summed E-state index contributed by atoms with van der Waals surface area (Å²) in [5.74, 6) is 1.35. The Balaban J connectivity index is 2.27. The van der Waals surface area contributed by atoms with Gasteiger partial charge in [-0.25, -0.2) is 4.98 Å². The lowest BCUT2D eigenvalue weighted by Gasteiger charge is -2.10. The van der Waals surface area contributed by atoms with Crippen LogP contribution in [0.4, 0.5) is 0 Å².